The lowest BCUT2D eigenvalue weighted by molar-refractivity contribution is 0.415. The molecule has 0 unspecified atom stereocenters. The zero-order valence-corrected chi connectivity index (χ0v) is 17.8. The number of aromatic nitrogens is 2. The first-order valence-corrected chi connectivity index (χ1v) is 10.2. The molecule has 158 valence electrons. The molecule has 5 aromatic rings. The van der Waals surface area contributed by atoms with Gasteiger partial charge in [0.25, 0.3) is 0 Å². The van der Waals surface area contributed by atoms with Crippen LogP contribution in [0.4, 0.5) is 5.82 Å². The lowest BCUT2D eigenvalue weighted by atomic mass is 9.96. The molecule has 0 spiro atoms. The van der Waals surface area contributed by atoms with E-state index >= 15 is 0 Å². The van der Waals surface area contributed by atoms with Gasteiger partial charge in [-0.15, -0.1) is 0 Å². The molecule has 6 heteroatoms. The molecule has 0 aliphatic rings. The normalized spacial score (nSPS) is 11.0. The fraction of sp³-hybridized carbons (Fsp3) is 0.0769. The summed E-state index contributed by atoms with van der Waals surface area (Å²) in [7, 11) is 3.31. The van der Waals surface area contributed by atoms with E-state index in [0.29, 0.717) is 11.5 Å². The van der Waals surface area contributed by atoms with Crippen molar-refractivity contribution in [2.75, 3.05) is 19.6 Å². The van der Waals surface area contributed by atoms with Crippen LogP contribution in [0.1, 0.15) is 0 Å². The first kappa shape index (κ1) is 19.8. The molecule has 0 aliphatic carbocycles. The Morgan fingerprint density at radius 2 is 1.44 bits per heavy atom. The van der Waals surface area contributed by atoms with E-state index < -0.39 is 0 Å². The monoisotopic (exact) mass is 422 g/mol. The number of hydrazine groups is 1. The SMILES string of the molecule is COc1cccc(-c2nc3c(-c4cccc(OC)c4)c4ccccc4cc3nc2NN)c1. The van der Waals surface area contributed by atoms with Crippen LogP contribution in [0.2, 0.25) is 0 Å². The van der Waals surface area contributed by atoms with E-state index in [2.05, 4.69) is 23.6 Å². The fourth-order valence-electron chi connectivity index (χ4n) is 4.00. The molecule has 0 bridgehead atoms. The summed E-state index contributed by atoms with van der Waals surface area (Å²) in [6.45, 7) is 0. The van der Waals surface area contributed by atoms with E-state index in [1.165, 1.54) is 0 Å². The summed E-state index contributed by atoms with van der Waals surface area (Å²) in [6, 6.07) is 26.0. The minimum absolute atomic E-state index is 0.498. The van der Waals surface area contributed by atoms with Gasteiger partial charge in [0.05, 0.1) is 25.3 Å². The second kappa shape index (κ2) is 8.17. The molecule has 3 N–H and O–H groups in total. The van der Waals surface area contributed by atoms with Crippen molar-refractivity contribution in [2.24, 2.45) is 5.84 Å². The van der Waals surface area contributed by atoms with Crippen LogP contribution >= 0.6 is 0 Å². The summed E-state index contributed by atoms with van der Waals surface area (Å²) in [5.74, 6) is 7.86. The van der Waals surface area contributed by atoms with Crippen LogP contribution in [0.5, 0.6) is 11.5 Å². The molecule has 0 saturated heterocycles. The van der Waals surface area contributed by atoms with Crippen LogP contribution in [0.15, 0.2) is 78.9 Å². The molecule has 0 aliphatic heterocycles. The molecule has 5 rings (SSSR count). The smallest absolute Gasteiger partial charge is 0.167 e. The van der Waals surface area contributed by atoms with Crippen molar-refractivity contribution in [1.82, 2.24) is 9.97 Å². The van der Waals surface area contributed by atoms with Crippen molar-refractivity contribution < 1.29 is 9.47 Å². The first-order valence-electron chi connectivity index (χ1n) is 10.2. The van der Waals surface area contributed by atoms with Gasteiger partial charge in [-0.3, -0.25) is 0 Å². The number of hydrogen-bond donors (Lipinski definition) is 2. The van der Waals surface area contributed by atoms with Crippen molar-refractivity contribution in [3.05, 3.63) is 78.9 Å². The summed E-state index contributed by atoms with van der Waals surface area (Å²) in [4.78, 5) is 9.91. The minimum Gasteiger partial charge on any atom is -0.497 e. The molecule has 4 aromatic carbocycles. The Morgan fingerprint density at radius 3 is 2.16 bits per heavy atom. The second-order valence-electron chi connectivity index (χ2n) is 7.37. The van der Waals surface area contributed by atoms with Gasteiger partial charge in [-0.1, -0.05) is 48.5 Å². The van der Waals surface area contributed by atoms with Crippen LogP contribution in [0, 0.1) is 0 Å². The highest BCUT2D eigenvalue weighted by Crippen LogP contribution is 2.38. The molecular formula is C26H22N4O2. The number of ether oxygens (including phenoxy) is 2. The molecular weight excluding hydrogens is 400 g/mol. The lowest BCUT2D eigenvalue weighted by Gasteiger charge is -2.15. The van der Waals surface area contributed by atoms with Crippen molar-refractivity contribution in [1.29, 1.82) is 0 Å². The third-order valence-electron chi connectivity index (χ3n) is 5.52. The van der Waals surface area contributed by atoms with Crippen LogP contribution in [-0.2, 0) is 0 Å². The third kappa shape index (κ3) is 3.36. The second-order valence-corrected chi connectivity index (χ2v) is 7.37. The number of methoxy groups -OCH3 is 2. The van der Waals surface area contributed by atoms with Gasteiger partial charge in [-0.25, -0.2) is 15.8 Å². The van der Waals surface area contributed by atoms with Gasteiger partial charge in [0.15, 0.2) is 5.82 Å². The maximum absolute atomic E-state index is 5.85. The average Bonchev–Trinajstić information content (AvgIpc) is 2.86. The predicted molar refractivity (Wildman–Crippen MR) is 129 cm³/mol. The number of hydrogen-bond acceptors (Lipinski definition) is 6. The standard InChI is InChI=1S/C26H22N4O2/c1-31-19-10-5-8-17(13-19)23-21-12-4-3-7-16(21)15-22-25(23)29-24(26(28-22)30-27)18-9-6-11-20(14-18)32-2/h3-15H,27H2,1-2H3,(H,28,30). The molecule has 0 amide bonds. The summed E-state index contributed by atoms with van der Waals surface area (Å²) in [6.07, 6.45) is 0. The lowest BCUT2D eigenvalue weighted by Crippen LogP contribution is -2.11. The Balaban J connectivity index is 1.88. The van der Waals surface area contributed by atoms with Crippen LogP contribution in [0.25, 0.3) is 44.2 Å². The zero-order valence-electron chi connectivity index (χ0n) is 17.8. The van der Waals surface area contributed by atoms with Gasteiger partial charge in [-0.2, -0.15) is 0 Å². The van der Waals surface area contributed by atoms with Gasteiger partial charge < -0.3 is 14.9 Å². The molecule has 0 fully saturated rings. The maximum Gasteiger partial charge on any atom is 0.167 e. The summed E-state index contributed by atoms with van der Waals surface area (Å²) in [5, 5.41) is 2.16. The summed E-state index contributed by atoms with van der Waals surface area (Å²) < 4.78 is 10.9. The molecule has 6 nitrogen and oxygen atoms in total. The van der Waals surface area contributed by atoms with Gasteiger partial charge >= 0.3 is 0 Å². The first-order chi connectivity index (χ1) is 15.7. The van der Waals surface area contributed by atoms with E-state index in [0.717, 1.165) is 50.0 Å². The number of nitrogen functional groups attached to an aromatic ring is 1. The van der Waals surface area contributed by atoms with Gasteiger partial charge in [0.2, 0.25) is 0 Å². The maximum atomic E-state index is 5.85. The number of anilines is 1. The highest BCUT2D eigenvalue weighted by molar-refractivity contribution is 6.11. The van der Waals surface area contributed by atoms with Gasteiger partial charge in [0, 0.05) is 11.1 Å². The number of benzene rings is 4. The van der Waals surface area contributed by atoms with Crippen molar-refractivity contribution in [3.63, 3.8) is 0 Å². The van der Waals surface area contributed by atoms with Crippen LogP contribution in [-0.4, -0.2) is 24.2 Å². The Labute approximate surface area is 185 Å². The number of fused-ring (bicyclic) bond motifs is 2. The Kier molecular flexibility index (Phi) is 5.05. The van der Waals surface area contributed by atoms with Crippen LogP contribution in [0.3, 0.4) is 0 Å². The number of nitrogens with two attached hydrogens (primary N) is 1. The van der Waals surface area contributed by atoms with Crippen molar-refractivity contribution >= 4 is 27.6 Å². The number of nitrogens with one attached hydrogen (secondary N) is 1. The Morgan fingerprint density at radius 1 is 0.750 bits per heavy atom. The van der Waals surface area contributed by atoms with Crippen molar-refractivity contribution in [3.8, 4) is 33.9 Å². The molecule has 0 atom stereocenters. The minimum atomic E-state index is 0.498. The summed E-state index contributed by atoms with van der Waals surface area (Å²) >= 11 is 0. The number of nitrogens with zero attached hydrogens (tertiary/aromatic N) is 2. The molecule has 1 heterocycles. The highest BCUT2D eigenvalue weighted by Gasteiger charge is 2.17. The molecule has 32 heavy (non-hydrogen) atoms. The average molecular weight is 422 g/mol. The van der Waals surface area contributed by atoms with E-state index in [1.807, 2.05) is 60.7 Å². The number of rotatable bonds is 5. The topological polar surface area (TPSA) is 82.3 Å². The van der Waals surface area contributed by atoms with Crippen LogP contribution < -0.4 is 20.7 Å². The fourth-order valence-corrected chi connectivity index (χ4v) is 4.00. The van der Waals surface area contributed by atoms with E-state index in [4.69, 9.17) is 25.3 Å². The van der Waals surface area contributed by atoms with E-state index in [9.17, 15) is 0 Å². The summed E-state index contributed by atoms with van der Waals surface area (Å²) in [5.41, 5.74) is 7.76. The van der Waals surface area contributed by atoms with Gasteiger partial charge in [0.1, 0.15) is 17.2 Å². The molecule has 0 radical (unpaired) electrons. The Bertz CT molecular complexity index is 1450. The third-order valence-corrected chi connectivity index (χ3v) is 5.52. The van der Waals surface area contributed by atoms with Gasteiger partial charge in [-0.05, 0) is 46.7 Å². The van der Waals surface area contributed by atoms with E-state index in [-0.39, 0.29) is 0 Å². The largest absolute Gasteiger partial charge is 0.497 e. The molecule has 1 aromatic heterocycles. The van der Waals surface area contributed by atoms with E-state index in [1.54, 1.807) is 14.2 Å². The Hall–Kier alpha value is -4.16. The zero-order chi connectivity index (χ0) is 22.1. The predicted octanol–water partition coefficient (Wildman–Crippen LogP) is 5.42. The van der Waals surface area contributed by atoms with Crippen molar-refractivity contribution in [2.45, 2.75) is 0 Å². The quantitative estimate of drug-likeness (QED) is 0.224. The highest BCUT2D eigenvalue weighted by atomic mass is 16.5. The molecule has 0 saturated carbocycles.